The first-order valence-electron chi connectivity index (χ1n) is 5.24. The van der Waals surface area contributed by atoms with Crippen LogP contribution in [0.15, 0.2) is 24.3 Å². The molecule has 16 heavy (non-hydrogen) atoms. The summed E-state index contributed by atoms with van der Waals surface area (Å²) in [4.78, 5) is 11.9. The van der Waals surface area contributed by atoms with E-state index in [4.69, 9.17) is 0 Å². The summed E-state index contributed by atoms with van der Waals surface area (Å²) >= 11 is 4.08. The number of benzene rings is 1. The predicted molar refractivity (Wildman–Crippen MR) is 77.0 cm³/mol. The molecule has 1 saturated carbocycles. The third-order valence-corrected chi connectivity index (χ3v) is 4.99. The van der Waals surface area contributed by atoms with Crippen molar-refractivity contribution in [1.82, 2.24) is 5.32 Å². The molecule has 1 aliphatic carbocycles. The predicted octanol–water partition coefficient (Wildman–Crippen LogP) is 2.92. The van der Waals surface area contributed by atoms with Crippen molar-refractivity contribution in [1.29, 1.82) is 0 Å². The molecule has 0 saturated heterocycles. The van der Waals surface area contributed by atoms with Crippen molar-refractivity contribution in [3.8, 4) is 0 Å². The molecule has 0 aromatic heterocycles. The minimum Gasteiger partial charge on any atom is -0.351 e. The minimum absolute atomic E-state index is 0.0406. The summed E-state index contributed by atoms with van der Waals surface area (Å²) in [5, 5.41) is 3.02. The number of rotatable bonds is 4. The van der Waals surface area contributed by atoms with Crippen molar-refractivity contribution in [2.45, 2.75) is 17.6 Å². The molecule has 1 aliphatic rings. The number of thioether (sulfide) groups is 1. The van der Waals surface area contributed by atoms with Crippen molar-refractivity contribution in [2.75, 3.05) is 12.8 Å². The molecule has 1 N–H and O–H groups in total. The van der Waals surface area contributed by atoms with Crippen molar-refractivity contribution in [3.05, 3.63) is 33.4 Å². The van der Waals surface area contributed by atoms with Crippen molar-refractivity contribution < 1.29 is 4.79 Å². The number of halogens is 1. The van der Waals surface area contributed by atoms with Gasteiger partial charge in [0.15, 0.2) is 0 Å². The van der Waals surface area contributed by atoms with Crippen LogP contribution in [-0.2, 0) is 0 Å². The van der Waals surface area contributed by atoms with Crippen molar-refractivity contribution in [2.24, 2.45) is 0 Å². The zero-order valence-electron chi connectivity index (χ0n) is 9.13. The van der Waals surface area contributed by atoms with Gasteiger partial charge >= 0.3 is 0 Å². The van der Waals surface area contributed by atoms with E-state index in [-0.39, 0.29) is 5.91 Å². The molecule has 0 radical (unpaired) electrons. The molecule has 0 heterocycles. The molecule has 1 aromatic rings. The van der Waals surface area contributed by atoms with Gasteiger partial charge < -0.3 is 5.32 Å². The maximum Gasteiger partial charge on any atom is 0.251 e. The van der Waals surface area contributed by atoms with Crippen LogP contribution in [0, 0.1) is 3.57 Å². The van der Waals surface area contributed by atoms with Crippen LogP contribution in [0.25, 0.3) is 0 Å². The number of amides is 1. The van der Waals surface area contributed by atoms with E-state index in [1.165, 1.54) is 12.8 Å². The summed E-state index contributed by atoms with van der Waals surface area (Å²) in [5.74, 6) is 0.0406. The molecule has 1 fully saturated rings. The summed E-state index contributed by atoms with van der Waals surface area (Å²) in [6.07, 6.45) is 4.56. The van der Waals surface area contributed by atoms with Gasteiger partial charge in [0, 0.05) is 20.4 Å². The van der Waals surface area contributed by atoms with E-state index >= 15 is 0 Å². The van der Waals surface area contributed by atoms with E-state index in [0.717, 1.165) is 15.7 Å². The normalized spacial score (nSPS) is 16.9. The van der Waals surface area contributed by atoms with E-state index in [1.54, 1.807) is 0 Å². The molecular formula is C12H14INOS. The van der Waals surface area contributed by atoms with Crippen LogP contribution in [0.2, 0.25) is 0 Å². The lowest BCUT2D eigenvalue weighted by molar-refractivity contribution is 0.0953. The fourth-order valence-electron chi connectivity index (χ4n) is 1.57. The van der Waals surface area contributed by atoms with Crippen LogP contribution in [0.4, 0.5) is 0 Å². The van der Waals surface area contributed by atoms with Gasteiger partial charge in [0.2, 0.25) is 0 Å². The molecule has 0 aliphatic heterocycles. The van der Waals surface area contributed by atoms with Gasteiger partial charge in [0.05, 0.1) is 0 Å². The van der Waals surface area contributed by atoms with E-state index in [1.807, 2.05) is 36.0 Å². The zero-order valence-corrected chi connectivity index (χ0v) is 12.1. The van der Waals surface area contributed by atoms with Crippen LogP contribution >= 0.6 is 34.4 Å². The summed E-state index contributed by atoms with van der Waals surface area (Å²) in [7, 11) is 0. The van der Waals surface area contributed by atoms with Crippen molar-refractivity contribution >= 4 is 40.3 Å². The van der Waals surface area contributed by atoms with Crippen LogP contribution in [0.1, 0.15) is 23.2 Å². The molecule has 0 unspecified atom stereocenters. The third-order valence-electron chi connectivity index (χ3n) is 2.90. The highest BCUT2D eigenvalue weighted by Gasteiger charge is 2.41. The molecular weight excluding hydrogens is 333 g/mol. The van der Waals surface area contributed by atoms with Crippen LogP contribution in [0.5, 0.6) is 0 Å². The zero-order chi connectivity index (χ0) is 11.6. The van der Waals surface area contributed by atoms with Crippen LogP contribution < -0.4 is 5.32 Å². The number of nitrogens with one attached hydrogen (secondary N) is 1. The van der Waals surface area contributed by atoms with Gasteiger partial charge in [-0.25, -0.2) is 0 Å². The molecule has 0 spiro atoms. The Balaban J connectivity index is 1.93. The van der Waals surface area contributed by atoms with E-state index in [0.29, 0.717) is 4.75 Å². The highest BCUT2D eigenvalue weighted by atomic mass is 127. The topological polar surface area (TPSA) is 29.1 Å². The number of hydrogen-bond acceptors (Lipinski definition) is 2. The smallest absolute Gasteiger partial charge is 0.251 e. The number of hydrogen-bond donors (Lipinski definition) is 1. The minimum atomic E-state index is 0.0406. The molecule has 0 bridgehead atoms. The first-order chi connectivity index (χ1) is 7.65. The Labute approximate surface area is 114 Å². The maximum atomic E-state index is 11.9. The largest absolute Gasteiger partial charge is 0.351 e. The maximum absolute atomic E-state index is 11.9. The summed E-state index contributed by atoms with van der Waals surface area (Å²) in [6, 6.07) is 7.67. The fraction of sp³-hybridized carbons (Fsp3) is 0.417. The first kappa shape index (κ1) is 12.2. The quantitative estimate of drug-likeness (QED) is 0.849. The second kappa shape index (κ2) is 4.96. The lowest BCUT2D eigenvalue weighted by Gasteiger charge is -2.13. The van der Waals surface area contributed by atoms with E-state index < -0.39 is 0 Å². The molecule has 0 atom stereocenters. The second-order valence-corrected chi connectivity index (χ2v) is 6.60. The standard InChI is InChI=1S/C12H14INOS/c1-16-12(5-6-12)8-14-11(15)9-3-2-4-10(13)7-9/h2-4,7H,5-6,8H2,1H3,(H,14,15). The van der Waals surface area contributed by atoms with E-state index in [9.17, 15) is 4.79 Å². The Morgan fingerprint density at radius 3 is 2.88 bits per heavy atom. The van der Waals surface area contributed by atoms with E-state index in [2.05, 4.69) is 34.2 Å². The average molecular weight is 347 g/mol. The SMILES string of the molecule is CSC1(CNC(=O)c2cccc(I)c2)CC1. The molecule has 86 valence electrons. The molecule has 1 aromatic carbocycles. The summed E-state index contributed by atoms with van der Waals surface area (Å²) in [5.41, 5.74) is 0.754. The van der Waals surface area contributed by atoms with Gasteiger partial charge in [-0.15, -0.1) is 0 Å². The summed E-state index contributed by atoms with van der Waals surface area (Å²) < 4.78 is 1.42. The average Bonchev–Trinajstić information content (AvgIpc) is 3.07. The molecule has 4 heteroatoms. The van der Waals surface area contributed by atoms with Crippen LogP contribution in [-0.4, -0.2) is 23.5 Å². The van der Waals surface area contributed by atoms with Gasteiger partial charge in [-0.05, 0) is 59.9 Å². The first-order valence-corrected chi connectivity index (χ1v) is 7.54. The van der Waals surface area contributed by atoms with Gasteiger partial charge in [0.1, 0.15) is 0 Å². The number of carbonyl (C=O) groups is 1. The van der Waals surface area contributed by atoms with Gasteiger partial charge in [-0.2, -0.15) is 11.8 Å². The van der Waals surface area contributed by atoms with Gasteiger partial charge in [-0.3, -0.25) is 4.79 Å². The number of carbonyl (C=O) groups excluding carboxylic acids is 1. The highest BCUT2D eigenvalue weighted by molar-refractivity contribution is 14.1. The second-order valence-electron chi connectivity index (χ2n) is 4.08. The lowest BCUT2D eigenvalue weighted by atomic mass is 10.2. The van der Waals surface area contributed by atoms with Gasteiger partial charge in [0.25, 0.3) is 5.91 Å². The Morgan fingerprint density at radius 1 is 1.56 bits per heavy atom. The Hall–Kier alpha value is -0.230. The monoisotopic (exact) mass is 347 g/mol. The lowest BCUT2D eigenvalue weighted by Crippen LogP contribution is -2.31. The molecule has 1 amide bonds. The molecule has 2 nitrogen and oxygen atoms in total. The Morgan fingerprint density at radius 2 is 2.31 bits per heavy atom. The van der Waals surface area contributed by atoms with Crippen molar-refractivity contribution in [3.63, 3.8) is 0 Å². The summed E-state index contributed by atoms with van der Waals surface area (Å²) in [6.45, 7) is 0.790. The fourth-order valence-corrected chi connectivity index (χ4v) is 2.84. The van der Waals surface area contributed by atoms with Crippen LogP contribution in [0.3, 0.4) is 0 Å². The third kappa shape index (κ3) is 2.91. The Bertz CT molecular complexity index is 404. The Kier molecular flexibility index (Phi) is 3.79. The highest BCUT2D eigenvalue weighted by Crippen LogP contribution is 2.46. The van der Waals surface area contributed by atoms with Gasteiger partial charge in [-0.1, -0.05) is 6.07 Å². The molecule has 2 rings (SSSR count).